The minimum absolute atomic E-state index is 0. The number of rotatable bonds is 4. The lowest BCUT2D eigenvalue weighted by Crippen LogP contribution is -2.38. The second-order valence-electron chi connectivity index (χ2n) is 4.83. The molecule has 4 nitrogen and oxygen atoms in total. The third-order valence-corrected chi connectivity index (χ3v) is 3.93. The molecule has 124 valence electrons. The molecule has 0 aliphatic carbocycles. The second-order valence-corrected chi connectivity index (χ2v) is 5.88. The quantitative estimate of drug-likeness (QED) is 0.815. The summed E-state index contributed by atoms with van der Waals surface area (Å²) >= 11 is -0.367. The van der Waals surface area contributed by atoms with Crippen LogP contribution in [0.1, 0.15) is 23.2 Å². The largest absolute Gasteiger partial charge is 0.447 e. The van der Waals surface area contributed by atoms with Crippen molar-refractivity contribution in [1.29, 1.82) is 0 Å². The number of hydrogen-bond donors (Lipinski definition) is 2. The number of aromatic nitrogens is 1. The summed E-state index contributed by atoms with van der Waals surface area (Å²) in [6.45, 7) is 2.24. The summed E-state index contributed by atoms with van der Waals surface area (Å²) in [5.41, 5.74) is -4.50. The lowest BCUT2D eigenvalue weighted by atomic mass is 10.00. The molecule has 1 aliphatic heterocycles. The van der Waals surface area contributed by atoms with Gasteiger partial charge in [-0.05, 0) is 44.0 Å². The molecule has 9 heteroatoms. The number of carbonyl (C=O) groups is 1. The van der Waals surface area contributed by atoms with Crippen LogP contribution >= 0.6 is 24.2 Å². The first-order valence-corrected chi connectivity index (χ1v) is 7.47. The van der Waals surface area contributed by atoms with Gasteiger partial charge in [0.15, 0.2) is 0 Å². The van der Waals surface area contributed by atoms with Crippen LogP contribution in [0.3, 0.4) is 0 Å². The van der Waals surface area contributed by atoms with E-state index >= 15 is 0 Å². The summed E-state index contributed by atoms with van der Waals surface area (Å²) in [4.78, 5) is 15.7. The normalized spacial score (nSPS) is 18.4. The molecule has 1 aromatic rings. The Kier molecular flexibility index (Phi) is 7.44. The van der Waals surface area contributed by atoms with E-state index < -0.39 is 11.4 Å². The highest BCUT2D eigenvalue weighted by Crippen LogP contribution is 2.37. The molecule has 2 N–H and O–H groups in total. The average molecular weight is 356 g/mol. The molecule has 1 aliphatic rings. The first kappa shape index (κ1) is 19.1. The van der Waals surface area contributed by atoms with E-state index in [0.717, 1.165) is 25.9 Å². The Labute approximate surface area is 137 Å². The van der Waals surface area contributed by atoms with Crippen molar-refractivity contribution < 1.29 is 18.0 Å². The number of thioether (sulfide) groups is 1. The molecule has 0 radical (unpaired) electrons. The van der Waals surface area contributed by atoms with Gasteiger partial charge in [0.05, 0.1) is 5.56 Å². The Morgan fingerprint density at radius 2 is 2.27 bits per heavy atom. The minimum Gasteiger partial charge on any atom is -0.352 e. The highest BCUT2D eigenvalue weighted by atomic mass is 35.5. The summed E-state index contributed by atoms with van der Waals surface area (Å²) in [5, 5.41) is 5.60. The molecule has 1 aromatic heterocycles. The van der Waals surface area contributed by atoms with Crippen LogP contribution in [0.2, 0.25) is 0 Å². The lowest BCUT2D eigenvalue weighted by molar-refractivity contribution is -0.0329. The van der Waals surface area contributed by atoms with Gasteiger partial charge in [0.2, 0.25) is 0 Å². The molecule has 22 heavy (non-hydrogen) atoms. The van der Waals surface area contributed by atoms with Crippen LogP contribution in [-0.4, -0.2) is 36.0 Å². The number of piperidine rings is 1. The highest BCUT2D eigenvalue weighted by molar-refractivity contribution is 8.00. The van der Waals surface area contributed by atoms with Gasteiger partial charge in [-0.2, -0.15) is 13.2 Å². The first-order valence-electron chi connectivity index (χ1n) is 6.65. The van der Waals surface area contributed by atoms with E-state index in [-0.39, 0.29) is 34.8 Å². The van der Waals surface area contributed by atoms with Gasteiger partial charge >= 0.3 is 5.51 Å². The fourth-order valence-electron chi connectivity index (χ4n) is 2.19. The summed E-state index contributed by atoms with van der Waals surface area (Å²) < 4.78 is 37.3. The van der Waals surface area contributed by atoms with E-state index in [1.807, 2.05) is 0 Å². The van der Waals surface area contributed by atoms with E-state index in [0.29, 0.717) is 12.5 Å². The average Bonchev–Trinajstić information content (AvgIpc) is 2.45. The predicted molar refractivity (Wildman–Crippen MR) is 81.3 cm³/mol. The third-order valence-electron chi connectivity index (χ3n) is 3.18. The number of alkyl halides is 3. The van der Waals surface area contributed by atoms with Crippen molar-refractivity contribution in [2.24, 2.45) is 5.92 Å². The van der Waals surface area contributed by atoms with Gasteiger partial charge in [-0.15, -0.1) is 12.4 Å². The fourth-order valence-corrected chi connectivity index (χ4v) is 2.79. The van der Waals surface area contributed by atoms with Crippen LogP contribution in [-0.2, 0) is 0 Å². The van der Waals surface area contributed by atoms with Crippen LogP contribution in [0.5, 0.6) is 0 Å². The fraction of sp³-hybridized carbons (Fsp3) is 0.538. The standard InChI is InChI=1S/C13H16F3N3OS.ClH/c14-13(15,16)21-12-10(4-2-6-18-12)11(20)19-8-9-3-1-5-17-7-9;/h2,4,6,9,17H,1,3,5,7-8H2,(H,19,20);1H. The Morgan fingerprint density at radius 1 is 1.50 bits per heavy atom. The molecule has 1 unspecified atom stereocenters. The van der Waals surface area contributed by atoms with Crippen molar-refractivity contribution in [3.8, 4) is 0 Å². The molecule has 1 saturated heterocycles. The maximum absolute atomic E-state index is 12.4. The minimum atomic E-state index is -4.46. The van der Waals surface area contributed by atoms with Gasteiger partial charge in [-0.3, -0.25) is 4.79 Å². The Hall–Kier alpha value is -0.990. The molecule has 0 aromatic carbocycles. The lowest BCUT2D eigenvalue weighted by Gasteiger charge is -2.23. The van der Waals surface area contributed by atoms with Gasteiger partial charge in [0.1, 0.15) is 5.03 Å². The van der Waals surface area contributed by atoms with Crippen LogP contribution in [0.4, 0.5) is 13.2 Å². The molecule has 1 amide bonds. The number of hydrogen-bond acceptors (Lipinski definition) is 4. The summed E-state index contributed by atoms with van der Waals surface area (Å²) in [6, 6.07) is 2.81. The topological polar surface area (TPSA) is 54.0 Å². The van der Waals surface area contributed by atoms with Crippen molar-refractivity contribution in [2.75, 3.05) is 19.6 Å². The number of halogens is 4. The summed E-state index contributed by atoms with van der Waals surface area (Å²) in [7, 11) is 0. The van der Waals surface area contributed by atoms with E-state index in [9.17, 15) is 18.0 Å². The zero-order chi connectivity index (χ0) is 15.3. The first-order chi connectivity index (χ1) is 9.96. The van der Waals surface area contributed by atoms with E-state index in [1.54, 1.807) is 0 Å². The third kappa shape index (κ3) is 6.02. The molecule has 1 atom stereocenters. The van der Waals surface area contributed by atoms with Crippen LogP contribution in [0.25, 0.3) is 0 Å². The number of carbonyl (C=O) groups excluding carboxylic acids is 1. The summed E-state index contributed by atoms with van der Waals surface area (Å²) in [5.74, 6) is -0.196. The van der Waals surface area contributed by atoms with Gasteiger partial charge in [-0.1, -0.05) is 0 Å². The molecule has 1 fully saturated rings. The van der Waals surface area contributed by atoms with Gasteiger partial charge in [0.25, 0.3) is 5.91 Å². The Morgan fingerprint density at radius 3 is 2.91 bits per heavy atom. The van der Waals surface area contributed by atoms with Crippen LogP contribution in [0.15, 0.2) is 23.4 Å². The van der Waals surface area contributed by atoms with Gasteiger partial charge in [0, 0.05) is 24.5 Å². The molecule has 2 rings (SSSR count). The SMILES string of the molecule is Cl.O=C(NCC1CCCNC1)c1cccnc1SC(F)(F)F. The van der Waals surface area contributed by atoms with Crippen LogP contribution in [0, 0.1) is 5.92 Å². The molecular weight excluding hydrogens is 339 g/mol. The zero-order valence-electron chi connectivity index (χ0n) is 11.7. The van der Waals surface area contributed by atoms with Crippen molar-refractivity contribution in [2.45, 2.75) is 23.4 Å². The maximum atomic E-state index is 12.4. The van der Waals surface area contributed by atoms with Crippen LogP contribution < -0.4 is 10.6 Å². The van der Waals surface area contributed by atoms with Crippen molar-refractivity contribution in [3.05, 3.63) is 23.9 Å². The predicted octanol–water partition coefficient (Wildman–Crippen LogP) is 2.84. The zero-order valence-corrected chi connectivity index (χ0v) is 13.3. The number of pyridine rings is 1. The second kappa shape index (κ2) is 8.59. The Bertz CT molecular complexity index is 496. The monoisotopic (exact) mass is 355 g/mol. The molecular formula is C13H17ClF3N3OS. The van der Waals surface area contributed by atoms with Gasteiger partial charge in [-0.25, -0.2) is 4.98 Å². The number of nitrogens with one attached hydrogen (secondary N) is 2. The molecule has 0 spiro atoms. The van der Waals surface area contributed by atoms with E-state index in [2.05, 4.69) is 15.6 Å². The van der Waals surface area contributed by atoms with Crippen molar-refractivity contribution >= 4 is 30.1 Å². The van der Waals surface area contributed by atoms with Gasteiger partial charge < -0.3 is 10.6 Å². The maximum Gasteiger partial charge on any atom is 0.447 e. The number of amides is 1. The van der Waals surface area contributed by atoms with E-state index in [4.69, 9.17) is 0 Å². The van der Waals surface area contributed by atoms with Crippen molar-refractivity contribution in [3.63, 3.8) is 0 Å². The Balaban J connectivity index is 0.00000242. The van der Waals surface area contributed by atoms with Crippen molar-refractivity contribution in [1.82, 2.24) is 15.6 Å². The summed E-state index contributed by atoms with van der Waals surface area (Å²) in [6.07, 6.45) is 3.29. The molecule has 2 heterocycles. The molecule has 0 saturated carbocycles. The molecule has 0 bridgehead atoms. The smallest absolute Gasteiger partial charge is 0.352 e. The number of nitrogens with zero attached hydrogens (tertiary/aromatic N) is 1. The van der Waals surface area contributed by atoms with E-state index in [1.165, 1.54) is 18.3 Å². The highest BCUT2D eigenvalue weighted by Gasteiger charge is 2.32.